The quantitative estimate of drug-likeness (QED) is 0.898. The molecule has 1 heterocycles. The van der Waals surface area contributed by atoms with E-state index in [9.17, 15) is 0 Å². The minimum atomic E-state index is 0.322. The van der Waals surface area contributed by atoms with Gasteiger partial charge in [-0.25, -0.2) is 0 Å². The smallest absolute Gasteiger partial charge is 0.0387 e. The van der Waals surface area contributed by atoms with E-state index in [4.69, 9.17) is 0 Å². The molecule has 100 valence electrons. The van der Waals surface area contributed by atoms with Gasteiger partial charge < -0.3 is 5.32 Å². The van der Waals surface area contributed by atoms with Crippen LogP contribution in [-0.2, 0) is 0 Å². The van der Waals surface area contributed by atoms with Crippen molar-refractivity contribution in [1.82, 2.24) is 10.3 Å². The minimum Gasteiger partial charge on any atom is -0.312 e. The summed E-state index contributed by atoms with van der Waals surface area (Å²) in [6.07, 6.45) is 3.72. The summed E-state index contributed by atoms with van der Waals surface area (Å²) in [5.74, 6) is 0.411. The Balaban J connectivity index is 2.34. The lowest BCUT2D eigenvalue weighted by Gasteiger charge is -2.26. The molecule has 2 heteroatoms. The molecule has 2 nitrogen and oxygen atoms in total. The fourth-order valence-electron chi connectivity index (χ4n) is 2.71. The van der Waals surface area contributed by atoms with E-state index >= 15 is 0 Å². The van der Waals surface area contributed by atoms with Crippen LogP contribution in [0, 0.1) is 13.8 Å². The highest BCUT2D eigenvalue weighted by Crippen LogP contribution is 2.31. The lowest BCUT2D eigenvalue weighted by Crippen LogP contribution is -2.23. The molecule has 0 aliphatic rings. The molecule has 2 aromatic rings. The summed E-state index contributed by atoms with van der Waals surface area (Å²) in [4.78, 5) is 4.09. The topological polar surface area (TPSA) is 24.9 Å². The zero-order chi connectivity index (χ0) is 13.8. The van der Waals surface area contributed by atoms with Crippen LogP contribution in [0.4, 0.5) is 0 Å². The summed E-state index contributed by atoms with van der Waals surface area (Å²) in [6, 6.07) is 11.2. The Morgan fingerprint density at radius 1 is 1.05 bits per heavy atom. The molecule has 2 unspecified atom stereocenters. The largest absolute Gasteiger partial charge is 0.312 e. The number of nitrogens with zero attached hydrogens (tertiary/aromatic N) is 1. The Morgan fingerprint density at radius 3 is 2.32 bits per heavy atom. The minimum absolute atomic E-state index is 0.322. The molecule has 1 N–H and O–H groups in total. The van der Waals surface area contributed by atoms with E-state index in [-0.39, 0.29) is 0 Å². The third kappa shape index (κ3) is 3.02. The summed E-state index contributed by atoms with van der Waals surface area (Å²) < 4.78 is 0. The zero-order valence-corrected chi connectivity index (χ0v) is 12.1. The molecule has 0 saturated carbocycles. The van der Waals surface area contributed by atoms with Gasteiger partial charge in [-0.2, -0.15) is 0 Å². The van der Waals surface area contributed by atoms with Crippen LogP contribution < -0.4 is 5.32 Å². The van der Waals surface area contributed by atoms with Gasteiger partial charge in [-0.15, -0.1) is 0 Å². The lowest BCUT2D eigenvalue weighted by atomic mass is 9.86. The van der Waals surface area contributed by atoms with E-state index in [2.05, 4.69) is 61.4 Å². The average Bonchev–Trinajstić information content (AvgIpc) is 2.42. The van der Waals surface area contributed by atoms with E-state index in [1.807, 2.05) is 19.4 Å². The number of hydrogen-bond donors (Lipinski definition) is 1. The second-order valence-corrected chi connectivity index (χ2v) is 5.20. The second-order valence-electron chi connectivity index (χ2n) is 5.20. The molecule has 0 aliphatic carbocycles. The van der Waals surface area contributed by atoms with E-state index in [0.717, 1.165) is 0 Å². The number of pyridine rings is 1. The zero-order valence-electron chi connectivity index (χ0n) is 12.1. The highest BCUT2D eigenvalue weighted by Gasteiger charge is 2.20. The molecule has 2 atom stereocenters. The first-order valence-corrected chi connectivity index (χ1v) is 6.78. The summed E-state index contributed by atoms with van der Waals surface area (Å²) in [5.41, 5.74) is 5.35. The first-order chi connectivity index (χ1) is 9.13. The number of hydrogen-bond acceptors (Lipinski definition) is 2. The van der Waals surface area contributed by atoms with Gasteiger partial charge in [0.1, 0.15) is 0 Å². The van der Waals surface area contributed by atoms with Crippen molar-refractivity contribution in [3.8, 4) is 0 Å². The Morgan fingerprint density at radius 2 is 1.74 bits per heavy atom. The van der Waals surface area contributed by atoms with Gasteiger partial charge in [0.15, 0.2) is 0 Å². The molecule has 0 aliphatic heterocycles. The first kappa shape index (κ1) is 13.8. The fourth-order valence-corrected chi connectivity index (χ4v) is 2.71. The number of nitrogens with one attached hydrogen (secondary N) is 1. The van der Waals surface area contributed by atoms with Crippen molar-refractivity contribution >= 4 is 0 Å². The van der Waals surface area contributed by atoms with Crippen molar-refractivity contribution in [3.05, 3.63) is 65.0 Å². The molecule has 1 aromatic heterocycles. The lowest BCUT2D eigenvalue weighted by molar-refractivity contribution is 0.505. The van der Waals surface area contributed by atoms with Crippen molar-refractivity contribution in [2.45, 2.75) is 32.7 Å². The van der Waals surface area contributed by atoms with Crippen LogP contribution in [0.5, 0.6) is 0 Å². The predicted octanol–water partition coefficient (Wildman–Crippen LogP) is 3.76. The van der Waals surface area contributed by atoms with Crippen LogP contribution >= 0.6 is 0 Å². The molecule has 2 rings (SSSR count). The summed E-state index contributed by atoms with van der Waals surface area (Å²) >= 11 is 0. The fraction of sp³-hybridized carbons (Fsp3) is 0.353. The van der Waals surface area contributed by atoms with Crippen LogP contribution in [0.25, 0.3) is 0 Å². The van der Waals surface area contributed by atoms with Gasteiger partial charge in [-0.05, 0) is 49.7 Å². The Kier molecular flexibility index (Phi) is 4.33. The highest BCUT2D eigenvalue weighted by atomic mass is 14.9. The molecule has 1 aromatic carbocycles. The van der Waals surface area contributed by atoms with E-state index in [1.165, 1.54) is 22.3 Å². The SMILES string of the molecule is CNC(c1ccc(C)cc1C)C(C)c1ccncc1. The van der Waals surface area contributed by atoms with E-state index < -0.39 is 0 Å². The monoisotopic (exact) mass is 254 g/mol. The van der Waals surface area contributed by atoms with Gasteiger partial charge >= 0.3 is 0 Å². The van der Waals surface area contributed by atoms with Gasteiger partial charge in [0.05, 0.1) is 0 Å². The Labute approximate surface area is 115 Å². The third-order valence-electron chi connectivity index (χ3n) is 3.80. The number of aryl methyl sites for hydroxylation is 2. The first-order valence-electron chi connectivity index (χ1n) is 6.78. The standard InChI is InChI=1S/C17H22N2/c1-12-5-6-16(13(2)11-12)17(18-4)14(3)15-7-9-19-10-8-15/h5-11,14,17-18H,1-4H3. The van der Waals surface area contributed by atoms with Gasteiger partial charge in [0.25, 0.3) is 0 Å². The molecule has 0 radical (unpaired) electrons. The maximum absolute atomic E-state index is 4.09. The highest BCUT2D eigenvalue weighted by molar-refractivity contribution is 5.35. The number of aromatic nitrogens is 1. The molecular weight excluding hydrogens is 232 g/mol. The predicted molar refractivity (Wildman–Crippen MR) is 80.4 cm³/mol. The third-order valence-corrected chi connectivity index (χ3v) is 3.80. The van der Waals surface area contributed by atoms with Crippen LogP contribution in [0.1, 0.15) is 41.1 Å². The maximum Gasteiger partial charge on any atom is 0.0387 e. The Hall–Kier alpha value is -1.67. The normalized spacial score (nSPS) is 14.1. The average molecular weight is 254 g/mol. The Bertz CT molecular complexity index is 534. The molecule has 19 heavy (non-hydrogen) atoms. The van der Waals surface area contributed by atoms with Crippen molar-refractivity contribution in [1.29, 1.82) is 0 Å². The summed E-state index contributed by atoms with van der Waals surface area (Å²) in [5, 5.41) is 3.46. The van der Waals surface area contributed by atoms with E-state index in [1.54, 1.807) is 0 Å². The molecule has 0 bridgehead atoms. The molecule has 0 fully saturated rings. The number of likely N-dealkylation sites (N-methyl/N-ethyl adjacent to an activating group) is 1. The van der Waals surface area contributed by atoms with Gasteiger partial charge in [-0.3, -0.25) is 4.98 Å². The number of benzene rings is 1. The molecule has 0 spiro atoms. The van der Waals surface area contributed by atoms with Crippen molar-refractivity contribution in [2.75, 3.05) is 7.05 Å². The van der Waals surface area contributed by atoms with Crippen LogP contribution in [-0.4, -0.2) is 12.0 Å². The maximum atomic E-state index is 4.09. The van der Waals surface area contributed by atoms with Gasteiger partial charge in [0.2, 0.25) is 0 Å². The van der Waals surface area contributed by atoms with Crippen LogP contribution in [0.3, 0.4) is 0 Å². The summed E-state index contributed by atoms with van der Waals surface area (Å²) in [6.45, 7) is 6.58. The van der Waals surface area contributed by atoms with Crippen molar-refractivity contribution < 1.29 is 0 Å². The molecular formula is C17H22N2. The van der Waals surface area contributed by atoms with Gasteiger partial charge in [0, 0.05) is 24.4 Å². The molecule has 0 saturated heterocycles. The van der Waals surface area contributed by atoms with E-state index in [0.29, 0.717) is 12.0 Å². The van der Waals surface area contributed by atoms with Gasteiger partial charge in [-0.1, -0.05) is 30.7 Å². The second kappa shape index (κ2) is 5.98. The molecule has 0 amide bonds. The van der Waals surface area contributed by atoms with Crippen LogP contribution in [0.2, 0.25) is 0 Å². The number of rotatable bonds is 4. The summed E-state index contributed by atoms with van der Waals surface area (Å²) in [7, 11) is 2.03. The van der Waals surface area contributed by atoms with Crippen LogP contribution in [0.15, 0.2) is 42.7 Å². The van der Waals surface area contributed by atoms with Crippen molar-refractivity contribution in [2.24, 2.45) is 0 Å². The van der Waals surface area contributed by atoms with Crippen molar-refractivity contribution in [3.63, 3.8) is 0 Å².